The summed E-state index contributed by atoms with van der Waals surface area (Å²) in [5.41, 5.74) is 5.02. The van der Waals surface area contributed by atoms with E-state index in [0.29, 0.717) is 27.6 Å². The van der Waals surface area contributed by atoms with Gasteiger partial charge in [0.2, 0.25) is 5.78 Å². The predicted molar refractivity (Wildman–Crippen MR) is 126 cm³/mol. The Kier molecular flexibility index (Phi) is 5.00. The monoisotopic (exact) mass is 437 g/mol. The number of nitriles is 1. The van der Waals surface area contributed by atoms with Gasteiger partial charge in [-0.2, -0.15) is 5.26 Å². The molecule has 0 aliphatic rings. The summed E-state index contributed by atoms with van der Waals surface area (Å²) in [4.78, 5) is 13.6. The zero-order valence-electron chi connectivity index (χ0n) is 17.6. The standard InChI is InChI=1S/C25H19N5OS/c1-16-8-7-9-17(2)22(16)30-23(31)20-12-5-6-13-21(20)29-24(30)27-28-25(29)32-15-19-11-4-3-10-18(19)14-26/h3-13H,15H2,1-2H3. The SMILES string of the molecule is Cc1cccc(C)c1-n1c(=O)c2ccccc2n2c(SCc3ccccc3C#N)nnc12. The Balaban J connectivity index is 1.75. The minimum absolute atomic E-state index is 0.121. The summed E-state index contributed by atoms with van der Waals surface area (Å²) >= 11 is 1.50. The van der Waals surface area contributed by atoms with Crippen LogP contribution in [-0.2, 0) is 5.75 Å². The first kappa shape index (κ1) is 20.0. The molecule has 0 atom stereocenters. The van der Waals surface area contributed by atoms with Crippen molar-refractivity contribution in [2.24, 2.45) is 0 Å². The molecule has 0 N–H and O–H groups in total. The number of nitrogens with zero attached hydrogens (tertiary/aromatic N) is 5. The number of aromatic nitrogens is 4. The molecule has 6 nitrogen and oxygen atoms in total. The molecule has 2 heterocycles. The molecule has 156 valence electrons. The van der Waals surface area contributed by atoms with Crippen molar-refractivity contribution in [2.75, 3.05) is 0 Å². The van der Waals surface area contributed by atoms with Gasteiger partial charge >= 0.3 is 0 Å². The molecule has 0 aliphatic heterocycles. The first-order valence-electron chi connectivity index (χ1n) is 10.2. The fourth-order valence-corrected chi connectivity index (χ4v) is 4.97. The van der Waals surface area contributed by atoms with Gasteiger partial charge in [0.1, 0.15) is 0 Å². The average molecular weight is 438 g/mol. The smallest absolute Gasteiger partial charge is 0.267 e. The van der Waals surface area contributed by atoms with Gasteiger partial charge in [0.15, 0.2) is 5.16 Å². The van der Waals surface area contributed by atoms with E-state index in [2.05, 4.69) is 16.3 Å². The largest absolute Gasteiger partial charge is 0.268 e. The fourth-order valence-electron chi connectivity index (χ4n) is 4.03. The number of hydrogen-bond acceptors (Lipinski definition) is 5. The summed E-state index contributed by atoms with van der Waals surface area (Å²) < 4.78 is 3.59. The van der Waals surface area contributed by atoms with Crippen molar-refractivity contribution < 1.29 is 0 Å². The Labute approximate surface area is 188 Å². The Bertz CT molecular complexity index is 1570. The van der Waals surface area contributed by atoms with Crippen molar-refractivity contribution >= 4 is 28.4 Å². The minimum atomic E-state index is -0.121. The van der Waals surface area contributed by atoms with Crippen LogP contribution >= 0.6 is 11.8 Å². The highest BCUT2D eigenvalue weighted by Crippen LogP contribution is 2.28. The second kappa shape index (κ2) is 7.98. The van der Waals surface area contributed by atoms with Gasteiger partial charge in [-0.15, -0.1) is 10.2 Å². The van der Waals surface area contributed by atoms with Crippen LogP contribution in [0.4, 0.5) is 0 Å². The van der Waals surface area contributed by atoms with Gasteiger partial charge in [0.05, 0.1) is 28.2 Å². The van der Waals surface area contributed by atoms with Gasteiger partial charge in [0.25, 0.3) is 5.56 Å². The van der Waals surface area contributed by atoms with Crippen LogP contribution in [-0.4, -0.2) is 19.2 Å². The Morgan fingerprint density at radius 2 is 1.66 bits per heavy atom. The van der Waals surface area contributed by atoms with E-state index < -0.39 is 0 Å². The molecule has 0 bridgehead atoms. The third-order valence-electron chi connectivity index (χ3n) is 5.55. The third-order valence-corrected chi connectivity index (χ3v) is 6.53. The summed E-state index contributed by atoms with van der Waals surface area (Å²) in [5.74, 6) is 1.05. The van der Waals surface area contributed by atoms with E-state index in [0.717, 1.165) is 27.9 Å². The topological polar surface area (TPSA) is 76.0 Å². The molecule has 0 saturated heterocycles. The van der Waals surface area contributed by atoms with Crippen LogP contribution in [0.25, 0.3) is 22.4 Å². The van der Waals surface area contributed by atoms with Crippen molar-refractivity contribution in [1.29, 1.82) is 5.26 Å². The van der Waals surface area contributed by atoms with Crippen LogP contribution in [0.2, 0.25) is 0 Å². The highest BCUT2D eigenvalue weighted by Gasteiger charge is 2.20. The lowest BCUT2D eigenvalue weighted by Gasteiger charge is -2.15. The quantitative estimate of drug-likeness (QED) is 0.377. The van der Waals surface area contributed by atoms with Crippen LogP contribution in [0, 0.1) is 25.2 Å². The number of rotatable bonds is 4. The molecule has 32 heavy (non-hydrogen) atoms. The van der Waals surface area contributed by atoms with E-state index >= 15 is 0 Å². The lowest BCUT2D eigenvalue weighted by Crippen LogP contribution is -2.23. The molecule has 5 rings (SSSR count). The molecule has 0 saturated carbocycles. The molecular weight excluding hydrogens is 418 g/mol. The first-order valence-corrected chi connectivity index (χ1v) is 11.1. The summed E-state index contributed by atoms with van der Waals surface area (Å²) in [6.07, 6.45) is 0. The van der Waals surface area contributed by atoms with E-state index in [1.54, 1.807) is 4.57 Å². The maximum absolute atomic E-state index is 13.6. The first-order chi connectivity index (χ1) is 15.6. The van der Waals surface area contributed by atoms with Gasteiger partial charge in [0, 0.05) is 5.75 Å². The van der Waals surface area contributed by atoms with Crippen molar-refractivity contribution in [3.63, 3.8) is 0 Å². The van der Waals surface area contributed by atoms with Gasteiger partial charge in [-0.1, -0.05) is 60.3 Å². The van der Waals surface area contributed by atoms with Gasteiger partial charge in [-0.25, -0.2) is 4.57 Å². The molecule has 0 aliphatic carbocycles. The molecule has 0 fully saturated rings. The van der Waals surface area contributed by atoms with Crippen molar-refractivity contribution in [3.05, 3.63) is 99.3 Å². The van der Waals surface area contributed by atoms with Crippen molar-refractivity contribution in [3.8, 4) is 11.8 Å². The van der Waals surface area contributed by atoms with Crippen LogP contribution in [0.5, 0.6) is 0 Å². The Hall–Kier alpha value is -3.89. The van der Waals surface area contributed by atoms with Crippen molar-refractivity contribution in [1.82, 2.24) is 19.2 Å². The van der Waals surface area contributed by atoms with E-state index in [-0.39, 0.29) is 5.56 Å². The molecular formula is C25H19N5OS. The molecule has 0 unspecified atom stereocenters. The summed E-state index contributed by atoms with van der Waals surface area (Å²) in [6, 6.07) is 23.3. The van der Waals surface area contributed by atoms with Gasteiger partial charge in [-0.3, -0.25) is 9.20 Å². The second-order valence-corrected chi connectivity index (χ2v) is 8.52. The van der Waals surface area contributed by atoms with Gasteiger partial charge < -0.3 is 0 Å². The molecule has 0 amide bonds. The number of para-hydroxylation sites is 2. The zero-order valence-corrected chi connectivity index (χ0v) is 18.4. The fraction of sp³-hybridized carbons (Fsp3) is 0.120. The average Bonchev–Trinajstić information content (AvgIpc) is 3.23. The Morgan fingerprint density at radius 1 is 0.938 bits per heavy atom. The summed E-state index contributed by atoms with van der Waals surface area (Å²) in [7, 11) is 0. The van der Waals surface area contributed by atoms with Crippen LogP contribution in [0.3, 0.4) is 0 Å². The summed E-state index contributed by atoms with van der Waals surface area (Å²) in [5, 5.41) is 19.5. The number of benzene rings is 3. The normalized spacial score (nSPS) is 11.2. The number of aryl methyl sites for hydroxylation is 2. The minimum Gasteiger partial charge on any atom is -0.268 e. The Morgan fingerprint density at radius 3 is 2.44 bits per heavy atom. The highest BCUT2D eigenvalue weighted by molar-refractivity contribution is 7.98. The van der Waals surface area contributed by atoms with E-state index in [4.69, 9.17) is 0 Å². The molecule has 0 spiro atoms. The number of fused-ring (bicyclic) bond motifs is 3. The van der Waals surface area contributed by atoms with Crippen LogP contribution in [0.15, 0.2) is 76.7 Å². The van der Waals surface area contributed by atoms with Crippen molar-refractivity contribution in [2.45, 2.75) is 24.8 Å². The molecule has 0 radical (unpaired) electrons. The molecule has 3 aromatic carbocycles. The maximum atomic E-state index is 13.6. The number of thioether (sulfide) groups is 1. The lowest BCUT2D eigenvalue weighted by atomic mass is 10.1. The maximum Gasteiger partial charge on any atom is 0.267 e. The molecule has 2 aromatic heterocycles. The van der Waals surface area contributed by atoms with E-state index in [9.17, 15) is 10.1 Å². The number of hydrogen-bond donors (Lipinski definition) is 0. The summed E-state index contributed by atoms with van der Waals surface area (Å²) in [6.45, 7) is 3.98. The molecule has 5 aromatic rings. The predicted octanol–water partition coefficient (Wildman–Crippen LogP) is 4.81. The van der Waals surface area contributed by atoms with Crippen LogP contribution in [0.1, 0.15) is 22.3 Å². The van der Waals surface area contributed by atoms with E-state index in [1.807, 2.05) is 85.0 Å². The lowest BCUT2D eigenvalue weighted by molar-refractivity contribution is 0.925. The third kappa shape index (κ3) is 3.17. The van der Waals surface area contributed by atoms with Gasteiger partial charge in [-0.05, 0) is 48.7 Å². The second-order valence-electron chi connectivity index (χ2n) is 7.57. The molecule has 7 heteroatoms. The highest BCUT2D eigenvalue weighted by atomic mass is 32.2. The zero-order chi connectivity index (χ0) is 22.2. The van der Waals surface area contributed by atoms with E-state index in [1.165, 1.54) is 11.8 Å². The van der Waals surface area contributed by atoms with Crippen LogP contribution < -0.4 is 5.56 Å².